The maximum absolute atomic E-state index is 12.9. The van der Waals surface area contributed by atoms with Crippen molar-refractivity contribution in [3.8, 4) is 11.5 Å². The van der Waals surface area contributed by atoms with E-state index in [1.807, 2.05) is 13.8 Å². The molecule has 12 nitrogen and oxygen atoms in total. The Bertz CT molecular complexity index is 1490. The molecule has 0 saturated carbocycles. The van der Waals surface area contributed by atoms with Crippen LogP contribution in [-0.2, 0) is 13.1 Å². The Morgan fingerprint density at radius 3 is 2.65 bits per heavy atom. The van der Waals surface area contributed by atoms with E-state index in [1.165, 1.54) is 29.2 Å². The molecule has 12 heteroatoms. The third-order valence-corrected chi connectivity index (χ3v) is 5.51. The number of carbonyl (C=O) groups is 1. The number of nitrogens with one attached hydrogen (secondary N) is 1. The highest BCUT2D eigenvalue weighted by Gasteiger charge is 2.14. The number of nitrogens with zero attached hydrogens (tertiary/aromatic N) is 5. The third-order valence-electron chi connectivity index (χ3n) is 5.51. The number of fused-ring (bicyclic) bond motifs is 1. The molecule has 1 amide bonds. The molecule has 2 heterocycles. The fourth-order valence-electron chi connectivity index (χ4n) is 3.81. The van der Waals surface area contributed by atoms with Gasteiger partial charge in [-0.3, -0.25) is 24.3 Å². The Morgan fingerprint density at radius 1 is 1.11 bits per heavy atom. The van der Waals surface area contributed by atoms with E-state index in [1.54, 1.807) is 35.0 Å². The molecule has 0 bridgehead atoms. The first-order valence-corrected chi connectivity index (χ1v) is 11.7. The standard InChI is InChI=1S/C25H26N6O6/c1-3-36-21-9-8-18(13-22(21)37-4-2)24(32)26-10-11-30-23-20(14-28-30)25(33)29(16-27-23)15-17-6-5-7-19(12-17)31(34)35/h5-9,12-14,16H,3-4,10-11,15H2,1-2H3,(H,26,32). The van der Waals surface area contributed by atoms with Crippen LogP contribution in [0.1, 0.15) is 29.8 Å². The molecule has 0 aliphatic rings. The van der Waals surface area contributed by atoms with Gasteiger partial charge in [0.2, 0.25) is 0 Å². The second-order valence-electron chi connectivity index (χ2n) is 7.99. The van der Waals surface area contributed by atoms with Crippen LogP contribution in [0.3, 0.4) is 0 Å². The molecule has 192 valence electrons. The van der Waals surface area contributed by atoms with Crippen molar-refractivity contribution in [1.82, 2.24) is 24.6 Å². The van der Waals surface area contributed by atoms with Crippen LogP contribution in [0.2, 0.25) is 0 Å². The molecule has 4 rings (SSSR count). The highest BCUT2D eigenvalue weighted by Crippen LogP contribution is 2.28. The summed E-state index contributed by atoms with van der Waals surface area (Å²) < 4.78 is 14.0. The van der Waals surface area contributed by atoms with Gasteiger partial charge in [-0.05, 0) is 37.6 Å². The van der Waals surface area contributed by atoms with Crippen molar-refractivity contribution >= 4 is 22.6 Å². The maximum Gasteiger partial charge on any atom is 0.269 e. The van der Waals surface area contributed by atoms with E-state index in [4.69, 9.17) is 9.47 Å². The van der Waals surface area contributed by atoms with Crippen molar-refractivity contribution in [2.75, 3.05) is 19.8 Å². The summed E-state index contributed by atoms with van der Waals surface area (Å²) in [6.07, 6.45) is 2.81. The Balaban J connectivity index is 1.43. The number of non-ortho nitro benzene ring substituents is 1. The Kier molecular flexibility index (Phi) is 7.77. The summed E-state index contributed by atoms with van der Waals surface area (Å²) in [4.78, 5) is 40.5. The Hall–Kier alpha value is -4.74. The molecule has 37 heavy (non-hydrogen) atoms. The number of hydrogen-bond donors (Lipinski definition) is 1. The van der Waals surface area contributed by atoms with Gasteiger partial charge in [-0.2, -0.15) is 5.10 Å². The van der Waals surface area contributed by atoms with Crippen LogP contribution >= 0.6 is 0 Å². The second-order valence-corrected chi connectivity index (χ2v) is 7.99. The van der Waals surface area contributed by atoms with Gasteiger partial charge in [0.25, 0.3) is 17.2 Å². The number of carbonyl (C=O) groups excluding carboxylic acids is 1. The molecule has 4 aromatic rings. The predicted molar refractivity (Wildman–Crippen MR) is 135 cm³/mol. The molecular weight excluding hydrogens is 480 g/mol. The lowest BCUT2D eigenvalue weighted by Crippen LogP contribution is -2.28. The quantitative estimate of drug-likeness (QED) is 0.242. The van der Waals surface area contributed by atoms with Gasteiger partial charge in [0.1, 0.15) is 11.7 Å². The third kappa shape index (κ3) is 5.74. The topological polar surface area (TPSA) is 143 Å². The number of nitro benzene ring substituents is 1. The molecule has 0 atom stereocenters. The number of amides is 1. The number of aromatic nitrogens is 4. The van der Waals surface area contributed by atoms with Crippen molar-refractivity contribution in [1.29, 1.82) is 0 Å². The number of hydrogen-bond acceptors (Lipinski definition) is 8. The first-order chi connectivity index (χ1) is 17.9. The van der Waals surface area contributed by atoms with Gasteiger partial charge < -0.3 is 14.8 Å². The van der Waals surface area contributed by atoms with Crippen LogP contribution < -0.4 is 20.3 Å². The van der Waals surface area contributed by atoms with Crippen LogP contribution in [0.15, 0.2) is 59.8 Å². The lowest BCUT2D eigenvalue weighted by Gasteiger charge is -2.12. The lowest BCUT2D eigenvalue weighted by molar-refractivity contribution is -0.384. The molecular formula is C25H26N6O6. The van der Waals surface area contributed by atoms with Gasteiger partial charge in [-0.15, -0.1) is 0 Å². The first-order valence-electron chi connectivity index (χ1n) is 11.7. The lowest BCUT2D eigenvalue weighted by atomic mass is 10.2. The fourth-order valence-corrected chi connectivity index (χ4v) is 3.81. The van der Waals surface area contributed by atoms with E-state index < -0.39 is 4.92 Å². The summed E-state index contributed by atoms with van der Waals surface area (Å²) >= 11 is 0. The minimum Gasteiger partial charge on any atom is -0.490 e. The van der Waals surface area contributed by atoms with Gasteiger partial charge >= 0.3 is 0 Å². The molecule has 1 N–H and O–H groups in total. The van der Waals surface area contributed by atoms with Crippen LogP contribution in [-0.4, -0.2) is 49.9 Å². The number of benzene rings is 2. The van der Waals surface area contributed by atoms with Crippen LogP contribution in [0.25, 0.3) is 11.0 Å². The Morgan fingerprint density at radius 2 is 1.89 bits per heavy atom. The molecule has 0 saturated heterocycles. The van der Waals surface area contributed by atoms with Gasteiger partial charge in [-0.25, -0.2) is 9.67 Å². The minimum absolute atomic E-state index is 0.0474. The van der Waals surface area contributed by atoms with Crippen molar-refractivity contribution in [3.05, 3.63) is 86.6 Å². The molecule has 0 fully saturated rings. The summed E-state index contributed by atoms with van der Waals surface area (Å²) in [6.45, 7) is 5.34. The summed E-state index contributed by atoms with van der Waals surface area (Å²) in [5.41, 5.74) is 1.06. The minimum atomic E-state index is -0.482. The highest BCUT2D eigenvalue weighted by molar-refractivity contribution is 5.94. The van der Waals surface area contributed by atoms with Crippen molar-refractivity contribution < 1.29 is 19.2 Å². The monoisotopic (exact) mass is 506 g/mol. The normalized spacial score (nSPS) is 10.9. The highest BCUT2D eigenvalue weighted by atomic mass is 16.6. The van der Waals surface area contributed by atoms with E-state index in [-0.39, 0.29) is 30.2 Å². The number of rotatable bonds is 11. The van der Waals surface area contributed by atoms with Crippen molar-refractivity contribution in [2.45, 2.75) is 26.9 Å². The molecule has 2 aromatic carbocycles. The van der Waals surface area contributed by atoms with E-state index in [0.29, 0.717) is 53.4 Å². The van der Waals surface area contributed by atoms with Gasteiger partial charge in [0.05, 0.1) is 37.4 Å². The largest absolute Gasteiger partial charge is 0.490 e. The SMILES string of the molecule is CCOc1ccc(C(=O)NCCn2ncc3c(=O)n(Cc4cccc([N+](=O)[O-])c4)cnc32)cc1OCC. The number of ether oxygens (including phenoxy) is 2. The molecule has 2 aromatic heterocycles. The molecule has 0 unspecified atom stereocenters. The van der Waals surface area contributed by atoms with Crippen LogP contribution in [0.5, 0.6) is 11.5 Å². The summed E-state index contributed by atoms with van der Waals surface area (Å²) in [5, 5.41) is 18.4. The maximum atomic E-state index is 12.9. The zero-order valence-corrected chi connectivity index (χ0v) is 20.4. The zero-order chi connectivity index (χ0) is 26.4. The van der Waals surface area contributed by atoms with Gasteiger partial charge in [0, 0.05) is 24.2 Å². The summed E-state index contributed by atoms with van der Waals surface area (Å²) in [5.74, 6) is 0.791. The first kappa shape index (κ1) is 25.4. The van der Waals surface area contributed by atoms with Crippen molar-refractivity contribution in [3.63, 3.8) is 0 Å². The Labute approximate surface area is 211 Å². The second kappa shape index (κ2) is 11.3. The van der Waals surface area contributed by atoms with Gasteiger partial charge in [-0.1, -0.05) is 12.1 Å². The van der Waals surface area contributed by atoms with Crippen LogP contribution in [0.4, 0.5) is 5.69 Å². The number of nitro groups is 1. The van der Waals surface area contributed by atoms with E-state index in [9.17, 15) is 19.7 Å². The average Bonchev–Trinajstić information content (AvgIpc) is 3.31. The summed E-state index contributed by atoms with van der Waals surface area (Å²) in [7, 11) is 0. The molecule has 0 radical (unpaired) electrons. The summed E-state index contributed by atoms with van der Waals surface area (Å²) in [6, 6.07) is 11.1. The smallest absolute Gasteiger partial charge is 0.269 e. The van der Waals surface area contributed by atoms with E-state index in [0.717, 1.165) is 0 Å². The zero-order valence-electron chi connectivity index (χ0n) is 20.4. The molecule has 0 aliphatic heterocycles. The average molecular weight is 507 g/mol. The van der Waals surface area contributed by atoms with Crippen LogP contribution in [0, 0.1) is 10.1 Å². The van der Waals surface area contributed by atoms with E-state index >= 15 is 0 Å². The fraction of sp³-hybridized carbons (Fsp3) is 0.280. The molecule has 0 aliphatic carbocycles. The van der Waals surface area contributed by atoms with E-state index in [2.05, 4.69) is 15.4 Å². The van der Waals surface area contributed by atoms with Gasteiger partial charge in [0.15, 0.2) is 17.1 Å². The molecule has 0 spiro atoms. The predicted octanol–water partition coefficient (Wildman–Crippen LogP) is 2.78. The van der Waals surface area contributed by atoms with Crippen molar-refractivity contribution in [2.24, 2.45) is 0 Å².